The summed E-state index contributed by atoms with van der Waals surface area (Å²) in [6, 6.07) is 9.49. The molecule has 0 aliphatic rings. The van der Waals surface area contributed by atoms with E-state index in [1.54, 1.807) is 0 Å². The van der Waals surface area contributed by atoms with Crippen molar-refractivity contribution in [1.29, 1.82) is 0 Å². The van der Waals surface area contributed by atoms with Gasteiger partial charge in [0.15, 0.2) is 0 Å². The molecule has 2 amide bonds. The van der Waals surface area contributed by atoms with Gasteiger partial charge in [-0.1, -0.05) is 52.9 Å². The van der Waals surface area contributed by atoms with Crippen LogP contribution in [0, 0.1) is 0 Å². The quantitative estimate of drug-likeness (QED) is 0.434. The van der Waals surface area contributed by atoms with E-state index in [-0.39, 0.29) is 12.5 Å². The number of rotatable bonds is 7. The van der Waals surface area contributed by atoms with Crippen LogP contribution in [0.2, 0.25) is 0 Å². The van der Waals surface area contributed by atoms with Gasteiger partial charge in [-0.3, -0.25) is 4.79 Å². The highest BCUT2D eigenvalue weighted by Crippen LogP contribution is 2.00. The minimum Gasteiger partial charge on any atom is -0.445 e. The van der Waals surface area contributed by atoms with Gasteiger partial charge in [-0.2, -0.15) is 0 Å². The Bertz CT molecular complexity index is 398. The smallest absolute Gasteiger partial charge is 0.407 e. The molecule has 1 aromatic rings. The van der Waals surface area contributed by atoms with Crippen LogP contribution in [-0.4, -0.2) is 29.5 Å². The third-order valence-electron chi connectivity index (χ3n) is 2.28. The molecule has 0 aliphatic carbocycles. The number of alkyl halides is 1. The average Bonchev–Trinajstić information content (AvgIpc) is 2.45. The molecule has 0 atom stereocenters. The Morgan fingerprint density at radius 2 is 1.79 bits per heavy atom. The lowest BCUT2D eigenvalue weighted by atomic mass is 10.2. The summed E-state index contributed by atoms with van der Waals surface area (Å²) in [5.41, 5.74) is 0.951. The van der Waals surface area contributed by atoms with Crippen molar-refractivity contribution in [3.05, 3.63) is 35.9 Å². The largest absolute Gasteiger partial charge is 0.445 e. The standard InChI is InChI=1S/C13H17IN2O3/c14-9-12(17)15-7-4-8-16-13(18)19-10-11-5-2-1-3-6-11/h1-3,5-6H,4,7-10H2,(H,15,17)(H,16,18). The van der Waals surface area contributed by atoms with Gasteiger partial charge in [-0.05, 0) is 12.0 Å². The number of alkyl carbamates (subject to hydrolysis) is 1. The molecule has 0 aliphatic heterocycles. The number of halogens is 1. The van der Waals surface area contributed by atoms with Crippen LogP contribution >= 0.6 is 22.6 Å². The first-order valence-electron chi connectivity index (χ1n) is 5.99. The number of amides is 2. The third-order valence-corrected chi connectivity index (χ3v) is 2.97. The maximum Gasteiger partial charge on any atom is 0.407 e. The van der Waals surface area contributed by atoms with Crippen LogP contribution in [0.25, 0.3) is 0 Å². The normalized spacial score (nSPS) is 9.74. The molecule has 5 nitrogen and oxygen atoms in total. The summed E-state index contributed by atoms with van der Waals surface area (Å²) in [6.07, 6.45) is 0.243. The van der Waals surface area contributed by atoms with Gasteiger partial charge in [-0.25, -0.2) is 4.79 Å². The first-order valence-corrected chi connectivity index (χ1v) is 7.52. The third kappa shape index (κ3) is 7.66. The highest BCUT2D eigenvalue weighted by atomic mass is 127. The second-order valence-corrected chi connectivity index (χ2v) is 4.59. The second kappa shape index (κ2) is 9.60. The molecule has 0 saturated heterocycles. The maximum atomic E-state index is 11.3. The Kier molecular flexibility index (Phi) is 7.95. The Balaban J connectivity index is 2.04. The van der Waals surface area contributed by atoms with Crippen molar-refractivity contribution in [1.82, 2.24) is 10.6 Å². The molecule has 0 heterocycles. The molecule has 0 unspecified atom stereocenters. The molecule has 2 N–H and O–H groups in total. The lowest BCUT2D eigenvalue weighted by Gasteiger charge is -2.07. The number of carbonyl (C=O) groups is 2. The molecule has 0 saturated carbocycles. The zero-order chi connectivity index (χ0) is 13.9. The molecule has 6 heteroatoms. The van der Waals surface area contributed by atoms with Crippen molar-refractivity contribution in [2.75, 3.05) is 17.5 Å². The fourth-order valence-corrected chi connectivity index (χ4v) is 1.60. The van der Waals surface area contributed by atoms with Crippen molar-refractivity contribution in [2.45, 2.75) is 13.0 Å². The fraction of sp³-hybridized carbons (Fsp3) is 0.385. The SMILES string of the molecule is O=C(CI)NCCCNC(=O)OCc1ccccc1. The summed E-state index contributed by atoms with van der Waals surface area (Å²) in [5, 5.41) is 5.36. The summed E-state index contributed by atoms with van der Waals surface area (Å²) >= 11 is 2.00. The Hall–Kier alpha value is -1.31. The highest BCUT2D eigenvalue weighted by Gasteiger charge is 2.02. The van der Waals surface area contributed by atoms with E-state index in [0.29, 0.717) is 23.9 Å². The maximum absolute atomic E-state index is 11.3. The summed E-state index contributed by atoms with van der Waals surface area (Å²) in [4.78, 5) is 22.3. The zero-order valence-corrected chi connectivity index (χ0v) is 12.7. The van der Waals surface area contributed by atoms with Crippen molar-refractivity contribution >= 4 is 34.6 Å². The van der Waals surface area contributed by atoms with Crippen LogP contribution < -0.4 is 10.6 Å². The van der Waals surface area contributed by atoms with Crippen molar-refractivity contribution in [2.24, 2.45) is 0 Å². The van der Waals surface area contributed by atoms with Gasteiger partial charge in [0.05, 0.1) is 4.43 Å². The lowest BCUT2D eigenvalue weighted by Crippen LogP contribution is -2.30. The van der Waals surface area contributed by atoms with E-state index in [1.165, 1.54) is 0 Å². The van der Waals surface area contributed by atoms with Crippen LogP contribution in [0.1, 0.15) is 12.0 Å². The van der Waals surface area contributed by atoms with E-state index in [1.807, 2.05) is 52.9 Å². The summed E-state index contributed by atoms with van der Waals surface area (Å²) in [7, 11) is 0. The Morgan fingerprint density at radius 1 is 1.11 bits per heavy atom. The number of hydrogen-bond acceptors (Lipinski definition) is 3. The van der Waals surface area contributed by atoms with Crippen molar-refractivity contribution in [3.8, 4) is 0 Å². The topological polar surface area (TPSA) is 67.4 Å². The van der Waals surface area contributed by atoms with Crippen LogP contribution in [0.3, 0.4) is 0 Å². The second-order valence-electron chi connectivity index (χ2n) is 3.83. The van der Waals surface area contributed by atoms with Crippen molar-refractivity contribution < 1.29 is 14.3 Å². The van der Waals surface area contributed by atoms with Gasteiger partial charge in [0.1, 0.15) is 6.61 Å². The molecule has 19 heavy (non-hydrogen) atoms. The molecule has 0 radical (unpaired) electrons. The molecule has 0 fully saturated rings. The summed E-state index contributed by atoms with van der Waals surface area (Å²) < 4.78 is 5.49. The number of hydrogen-bond donors (Lipinski definition) is 2. The molecule has 0 spiro atoms. The first-order chi connectivity index (χ1) is 9.22. The van der Waals surface area contributed by atoms with Crippen molar-refractivity contribution in [3.63, 3.8) is 0 Å². The van der Waals surface area contributed by atoms with Crippen LogP contribution in [0.15, 0.2) is 30.3 Å². The monoisotopic (exact) mass is 376 g/mol. The van der Waals surface area contributed by atoms with Gasteiger partial charge in [0.25, 0.3) is 0 Å². The molecule has 0 bridgehead atoms. The van der Waals surface area contributed by atoms with E-state index < -0.39 is 6.09 Å². The zero-order valence-electron chi connectivity index (χ0n) is 10.5. The van der Waals surface area contributed by atoms with E-state index >= 15 is 0 Å². The number of carbonyl (C=O) groups excluding carboxylic acids is 2. The van der Waals surface area contributed by atoms with Gasteiger partial charge < -0.3 is 15.4 Å². The molecule has 104 valence electrons. The van der Waals surface area contributed by atoms with E-state index in [9.17, 15) is 9.59 Å². The van der Waals surface area contributed by atoms with Gasteiger partial charge >= 0.3 is 6.09 Å². The molecular weight excluding hydrogens is 359 g/mol. The number of benzene rings is 1. The first kappa shape index (κ1) is 15.7. The minimum absolute atomic E-state index is 0.00672. The van der Waals surface area contributed by atoms with E-state index in [0.717, 1.165) is 5.56 Å². The number of nitrogens with one attached hydrogen (secondary N) is 2. The molecule has 0 aromatic heterocycles. The highest BCUT2D eigenvalue weighted by molar-refractivity contribution is 14.1. The molecule has 1 aromatic carbocycles. The minimum atomic E-state index is -0.441. The van der Waals surface area contributed by atoms with Gasteiger partial charge in [0, 0.05) is 13.1 Å². The summed E-state index contributed by atoms with van der Waals surface area (Å²) in [6.45, 7) is 1.30. The average molecular weight is 376 g/mol. The van der Waals surface area contributed by atoms with E-state index in [2.05, 4.69) is 10.6 Å². The van der Waals surface area contributed by atoms with Crippen LogP contribution in [0.5, 0.6) is 0 Å². The molecular formula is C13H17IN2O3. The van der Waals surface area contributed by atoms with Gasteiger partial charge in [-0.15, -0.1) is 0 Å². The van der Waals surface area contributed by atoms with E-state index in [4.69, 9.17) is 4.74 Å². The molecule has 1 rings (SSSR count). The Morgan fingerprint density at radius 3 is 2.47 bits per heavy atom. The van der Waals surface area contributed by atoms with Crippen LogP contribution in [-0.2, 0) is 16.1 Å². The van der Waals surface area contributed by atoms with Gasteiger partial charge in [0.2, 0.25) is 5.91 Å². The lowest BCUT2D eigenvalue weighted by molar-refractivity contribution is -0.118. The summed E-state index contributed by atoms with van der Waals surface area (Å²) in [5.74, 6) is 0.00672. The predicted octanol–water partition coefficient (Wildman–Crippen LogP) is 1.85. The predicted molar refractivity (Wildman–Crippen MR) is 81.1 cm³/mol. The number of ether oxygens (including phenoxy) is 1. The fourth-order valence-electron chi connectivity index (χ4n) is 1.33. The Labute approximate surface area is 126 Å². The van der Waals surface area contributed by atoms with Crippen LogP contribution in [0.4, 0.5) is 4.79 Å².